The molecule has 0 fully saturated rings. The first kappa shape index (κ1) is 9.62. The average molecular weight is 207 g/mol. The van der Waals surface area contributed by atoms with Gasteiger partial charge < -0.3 is 5.11 Å². The van der Waals surface area contributed by atoms with Crippen molar-refractivity contribution >= 4 is 21.6 Å². The summed E-state index contributed by atoms with van der Waals surface area (Å²) in [6, 6.07) is 4.17. The van der Waals surface area contributed by atoms with Gasteiger partial charge in [-0.3, -0.25) is 0 Å². The van der Waals surface area contributed by atoms with E-state index in [1.807, 2.05) is 12.3 Å². The summed E-state index contributed by atoms with van der Waals surface area (Å²) in [4.78, 5) is 6.37. The molecule has 2 aromatic rings. The van der Waals surface area contributed by atoms with E-state index in [0.29, 0.717) is 5.92 Å². The zero-order chi connectivity index (χ0) is 10.1. The fourth-order valence-electron chi connectivity index (χ4n) is 1.40. The molecule has 2 aromatic heterocycles. The number of aliphatic hydroxyl groups is 1. The molecule has 0 atom stereocenters. The fourth-order valence-corrected chi connectivity index (χ4v) is 2.24. The molecule has 0 saturated carbocycles. The van der Waals surface area contributed by atoms with Gasteiger partial charge in [0, 0.05) is 16.5 Å². The Balaban J connectivity index is 2.54. The van der Waals surface area contributed by atoms with E-state index in [4.69, 9.17) is 5.11 Å². The summed E-state index contributed by atoms with van der Waals surface area (Å²) in [5.74, 6) is 0.504. The normalized spacial score (nSPS) is 11.4. The Hall–Kier alpha value is -0.930. The van der Waals surface area contributed by atoms with Crippen molar-refractivity contribution in [3.63, 3.8) is 0 Å². The van der Waals surface area contributed by atoms with E-state index in [0.717, 1.165) is 15.1 Å². The number of nitrogens with zero attached hydrogens (tertiary/aromatic N) is 1. The summed E-state index contributed by atoms with van der Waals surface area (Å²) in [6.07, 6.45) is 1.92. The lowest BCUT2D eigenvalue weighted by Gasteiger charge is -2.02. The summed E-state index contributed by atoms with van der Waals surface area (Å²) in [6.45, 7) is 4.42. The summed E-state index contributed by atoms with van der Waals surface area (Å²) in [7, 11) is 0. The molecule has 0 unspecified atom stereocenters. The molecule has 0 spiro atoms. The lowest BCUT2D eigenvalue weighted by Crippen LogP contribution is -1.87. The first-order valence-corrected chi connectivity index (χ1v) is 5.51. The van der Waals surface area contributed by atoms with E-state index in [-0.39, 0.29) is 6.61 Å². The van der Waals surface area contributed by atoms with Gasteiger partial charge >= 0.3 is 0 Å². The van der Waals surface area contributed by atoms with Crippen molar-refractivity contribution in [2.24, 2.45) is 0 Å². The van der Waals surface area contributed by atoms with Crippen molar-refractivity contribution in [2.75, 3.05) is 0 Å². The second-order valence-corrected chi connectivity index (χ2v) is 4.80. The van der Waals surface area contributed by atoms with Crippen molar-refractivity contribution in [3.8, 4) is 0 Å². The Morgan fingerprint density at radius 1 is 1.43 bits per heavy atom. The lowest BCUT2D eigenvalue weighted by atomic mass is 10.1. The van der Waals surface area contributed by atoms with E-state index in [2.05, 4.69) is 24.9 Å². The van der Waals surface area contributed by atoms with Crippen LogP contribution in [0, 0.1) is 0 Å². The third-order valence-electron chi connectivity index (χ3n) is 2.27. The number of aromatic nitrogens is 1. The molecule has 74 valence electrons. The van der Waals surface area contributed by atoms with Crippen LogP contribution in [0.3, 0.4) is 0 Å². The summed E-state index contributed by atoms with van der Waals surface area (Å²) < 4.78 is 0. The molecule has 0 aromatic carbocycles. The third kappa shape index (κ3) is 1.65. The second kappa shape index (κ2) is 3.67. The van der Waals surface area contributed by atoms with Crippen LogP contribution < -0.4 is 0 Å². The molecule has 0 aliphatic carbocycles. The van der Waals surface area contributed by atoms with Crippen LogP contribution in [0.15, 0.2) is 18.3 Å². The zero-order valence-corrected chi connectivity index (χ0v) is 9.14. The molecule has 0 bridgehead atoms. The maximum Gasteiger partial charge on any atom is 0.123 e. The van der Waals surface area contributed by atoms with Crippen molar-refractivity contribution in [1.29, 1.82) is 0 Å². The molecule has 0 radical (unpaired) electrons. The van der Waals surface area contributed by atoms with Gasteiger partial charge in [-0.2, -0.15) is 0 Å². The van der Waals surface area contributed by atoms with E-state index in [9.17, 15) is 0 Å². The monoisotopic (exact) mass is 207 g/mol. The van der Waals surface area contributed by atoms with Crippen LogP contribution in [0.2, 0.25) is 0 Å². The van der Waals surface area contributed by atoms with Gasteiger partial charge in [-0.05, 0) is 23.6 Å². The highest BCUT2D eigenvalue weighted by Crippen LogP contribution is 2.26. The molecule has 0 amide bonds. The van der Waals surface area contributed by atoms with E-state index >= 15 is 0 Å². The van der Waals surface area contributed by atoms with Gasteiger partial charge in [-0.15, -0.1) is 11.3 Å². The maximum absolute atomic E-state index is 9.00. The number of pyridine rings is 1. The minimum absolute atomic E-state index is 0.109. The Bertz CT molecular complexity index is 447. The largest absolute Gasteiger partial charge is 0.391 e. The standard InChI is InChI=1S/C11H13NOS/c1-7(2)9-3-8-4-10(6-13)14-11(8)12-5-9/h3-5,7,13H,6H2,1-2H3. The van der Waals surface area contributed by atoms with Crippen molar-refractivity contribution in [1.82, 2.24) is 4.98 Å². The Labute approximate surface area is 87.2 Å². The molecular weight excluding hydrogens is 194 g/mol. The molecule has 0 saturated heterocycles. The number of thiophene rings is 1. The van der Waals surface area contributed by atoms with Gasteiger partial charge in [0.25, 0.3) is 0 Å². The lowest BCUT2D eigenvalue weighted by molar-refractivity contribution is 0.285. The molecule has 3 heteroatoms. The number of aliphatic hydroxyl groups excluding tert-OH is 1. The van der Waals surface area contributed by atoms with Gasteiger partial charge in [-0.1, -0.05) is 13.8 Å². The van der Waals surface area contributed by atoms with E-state index in [1.165, 1.54) is 5.56 Å². The minimum atomic E-state index is 0.109. The smallest absolute Gasteiger partial charge is 0.123 e. The predicted molar refractivity (Wildman–Crippen MR) is 59.6 cm³/mol. The first-order chi connectivity index (χ1) is 6.70. The maximum atomic E-state index is 9.00. The molecule has 2 heterocycles. The molecule has 2 nitrogen and oxygen atoms in total. The quantitative estimate of drug-likeness (QED) is 0.821. The van der Waals surface area contributed by atoms with Crippen LogP contribution in [-0.2, 0) is 6.61 Å². The van der Waals surface area contributed by atoms with Crippen LogP contribution in [0.4, 0.5) is 0 Å². The SMILES string of the molecule is CC(C)c1cnc2sc(CO)cc2c1. The fraction of sp³-hybridized carbons (Fsp3) is 0.364. The van der Waals surface area contributed by atoms with Crippen LogP contribution in [-0.4, -0.2) is 10.1 Å². The van der Waals surface area contributed by atoms with Gasteiger partial charge in [0.05, 0.1) is 6.61 Å². The number of rotatable bonds is 2. The molecule has 1 N–H and O–H groups in total. The third-order valence-corrected chi connectivity index (χ3v) is 3.31. The Kier molecular flexibility index (Phi) is 2.52. The minimum Gasteiger partial charge on any atom is -0.391 e. The molecular formula is C11H13NOS. The number of hydrogen-bond donors (Lipinski definition) is 1. The van der Waals surface area contributed by atoms with E-state index in [1.54, 1.807) is 11.3 Å². The van der Waals surface area contributed by atoms with Crippen molar-refractivity contribution in [2.45, 2.75) is 26.4 Å². The Morgan fingerprint density at radius 3 is 2.86 bits per heavy atom. The van der Waals surface area contributed by atoms with E-state index < -0.39 is 0 Å². The summed E-state index contributed by atoms with van der Waals surface area (Å²) in [5.41, 5.74) is 1.25. The zero-order valence-electron chi connectivity index (χ0n) is 8.32. The number of fused-ring (bicyclic) bond motifs is 1. The van der Waals surface area contributed by atoms with Gasteiger partial charge in [0.15, 0.2) is 0 Å². The van der Waals surface area contributed by atoms with Gasteiger partial charge in [0.1, 0.15) is 4.83 Å². The highest BCUT2D eigenvalue weighted by atomic mass is 32.1. The molecule has 2 rings (SSSR count). The highest BCUT2D eigenvalue weighted by molar-refractivity contribution is 7.18. The van der Waals surface area contributed by atoms with Crippen LogP contribution in [0.5, 0.6) is 0 Å². The predicted octanol–water partition coefficient (Wildman–Crippen LogP) is 2.91. The topological polar surface area (TPSA) is 33.1 Å². The summed E-state index contributed by atoms with van der Waals surface area (Å²) >= 11 is 1.56. The van der Waals surface area contributed by atoms with Crippen molar-refractivity contribution in [3.05, 3.63) is 28.8 Å². The summed E-state index contributed by atoms with van der Waals surface area (Å²) in [5, 5.41) is 10.1. The average Bonchev–Trinajstić information content (AvgIpc) is 2.58. The molecule has 0 aliphatic rings. The molecule has 0 aliphatic heterocycles. The first-order valence-electron chi connectivity index (χ1n) is 4.70. The Morgan fingerprint density at radius 2 is 2.21 bits per heavy atom. The van der Waals surface area contributed by atoms with Crippen LogP contribution in [0.25, 0.3) is 10.2 Å². The van der Waals surface area contributed by atoms with Crippen LogP contribution >= 0.6 is 11.3 Å². The number of hydrogen-bond acceptors (Lipinski definition) is 3. The van der Waals surface area contributed by atoms with Crippen LogP contribution in [0.1, 0.15) is 30.2 Å². The second-order valence-electron chi connectivity index (χ2n) is 3.69. The molecule has 14 heavy (non-hydrogen) atoms. The van der Waals surface area contributed by atoms with Gasteiger partial charge in [-0.25, -0.2) is 4.98 Å². The van der Waals surface area contributed by atoms with Gasteiger partial charge in [0.2, 0.25) is 0 Å². The highest BCUT2D eigenvalue weighted by Gasteiger charge is 2.05. The van der Waals surface area contributed by atoms with Crippen molar-refractivity contribution < 1.29 is 5.11 Å².